The molecule has 0 saturated heterocycles. The van der Waals surface area contributed by atoms with Crippen molar-refractivity contribution in [1.29, 1.82) is 0 Å². The van der Waals surface area contributed by atoms with Gasteiger partial charge in [-0.05, 0) is 39.3 Å². The Balaban J connectivity index is 2.16. The first-order valence-corrected chi connectivity index (χ1v) is 6.60. The monoisotopic (exact) mass is 239 g/mol. The summed E-state index contributed by atoms with van der Waals surface area (Å²) in [6, 6.07) is 2.57. The summed E-state index contributed by atoms with van der Waals surface area (Å²) < 4.78 is 7.32. The smallest absolute Gasteiger partial charge is 0.0762 e. The van der Waals surface area contributed by atoms with E-state index in [1.165, 1.54) is 0 Å². The van der Waals surface area contributed by atoms with Crippen molar-refractivity contribution in [3.05, 3.63) is 18.0 Å². The van der Waals surface area contributed by atoms with Crippen LogP contribution < -0.4 is 5.32 Å². The molecule has 0 aromatic carbocycles. The summed E-state index contributed by atoms with van der Waals surface area (Å²) in [5.74, 6) is 0. The Bertz CT molecular complexity index is 299. The molecule has 0 radical (unpaired) electrons. The zero-order valence-corrected chi connectivity index (χ0v) is 11.3. The lowest BCUT2D eigenvalue weighted by Crippen LogP contribution is -2.17. The van der Waals surface area contributed by atoms with Gasteiger partial charge in [0.15, 0.2) is 0 Å². The fourth-order valence-electron chi connectivity index (χ4n) is 1.56. The first-order valence-electron chi connectivity index (χ1n) is 6.60. The van der Waals surface area contributed by atoms with Crippen LogP contribution in [0.1, 0.15) is 45.3 Å². The maximum absolute atomic E-state index is 5.28. The molecule has 0 amide bonds. The number of hydrogen-bond acceptors (Lipinski definition) is 3. The fraction of sp³-hybridized carbons (Fsp3) is 0.769. The highest BCUT2D eigenvalue weighted by Crippen LogP contribution is 2.08. The molecular weight excluding hydrogens is 214 g/mol. The molecule has 98 valence electrons. The summed E-state index contributed by atoms with van der Waals surface area (Å²) in [5, 5.41) is 7.91. The van der Waals surface area contributed by atoms with Crippen LogP contribution in [0.2, 0.25) is 0 Å². The van der Waals surface area contributed by atoms with Gasteiger partial charge in [-0.1, -0.05) is 6.92 Å². The zero-order valence-electron chi connectivity index (χ0n) is 11.3. The second-order valence-corrected chi connectivity index (χ2v) is 4.27. The van der Waals surface area contributed by atoms with E-state index >= 15 is 0 Å². The Hall–Kier alpha value is -0.870. The van der Waals surface area contributed by atoms with Crippen molar-refractivity contribution in [2.75, 3.05) is 19.8 Å². The maximum Gasteiger partial charge on any atom is 0.0762 e. The van der Waals surface area contributed by atoms with Gasteiger partial charge < -0.3 is 10.1 Å². The van der Waals surface area contributed by atoms with E-state index in [0.717, 1.165) is 44.8 Å². The molecular formula is C13H25N3O. The van der Waals surface area contributed by atoms with Crippen molar-refractivity contribution in [3.63, 3.8) is 0 Å². The Labute approximate surface area is 104 Å². The van der Waals surface area contributed by atoms with E-state index in [9.17, 15) is 0 Å². The van der Waals surface area contributed by atoms with E-state index in [0.29, 0.717) is 6.04 Å². The summed E-state index contributed by atoms with van der Waals surface area (Å²) in [5.41, 5.74) is 1.11. The number of hydrogen-bond donors (Lipinski definition) is 1. The molecule has 4 heteroatoms. The van der Waals surface area contributed by atoms with Gasteiger partial charge in [0.1, 0.15) is 0 Å². The third-order valence-electron chi connectivity index (χ3n) is 2.86. The van der Waals surface area contributed by atoms with Crippen molar-refractivity contribution in [2.24, 2.45) is 0 Å². The second kappa shape index (κ2) is 8.25. The van der Waals surface area contributed by atoms with Gasteiger partial charge in [0, 0.05) is 32.0 Å². The molecule has 0 aliphatic carbocycles. The average molecular weight is 239 g/mol. The van der Waals surface area contributed by atoms with Gasteiger partial charge in [0.25, 0.3) is 0 Å². The predicted molar refractivity (Wildman–Crippen MR) is 70.0 cm³/mol. The SMILES string of the molecule is CCOCCCNCc1ccn(C(C)CC)n1. The van der Waals surface area contributed by atoms with Crippen LogP contribution in [-0.2, 0) is 11.3 Å². The van der Waals surface area contributed by atoms with Crippen LogP contribution in [0.15, 0.2) is 12.3 Å². The Morgan fingerprint density at radius 1 is 1.47 bits per heavy atom. The van der Waals surface area contributed by atoms with Gasteiger partial charge >= 0.3 is 0 Å². The quantitative estimate of drug-likeness (QED) is 0.672. The molecule has 0 aliphatic heterocycles. The van der Waals surface area contributed by atoms with E-state index in [1.807, 2.05) is 11.6 Å². The van der Waals surface area contributed by atoms with Gasteiger partial charge in [-0.15, -0.1) is 0 Å². The topological polar surface area (TPSA) is 39.1 Å². The van der Waals surface area contributed by atoms with Crippen molar-refractivity contribution in [2.45, 2.75) is 46.2 Å². The molecule has 0 fully saturated rings. The average Bonchev–Trinajstić information content (AvgIpc) is 2.81. The molecule has 1 unspecified atom stereocenters. The van der Waals surface area contributed by atoms with Crippen molar-refractivity contribution < 1.29 is 4.74 Å². The molecule has 0 saturated carbocycles. The van der Waals surface area contributed by atoms with E-state index in [1.54, 1.807) is 0 Å². The zero-order chi connectivity index (χ0) is 12.5. The molecule has 1 atom stereocenters. The van der Waals surface area contributed by atoms with E-state index in [-0.39, 0.29) is 0 Å². The Kier molecular flexibility index (Phi) is 6.89. The minimum absolute atomic E-state index is 0.488. The number of aromatic nitrogens is 2. The molecule has 1 heterocycles. The fourth-order valence-corrected chi connectivity index (χ4v) is 1.56. The number of ether oxygens (including phenoxy) is 1. The summed E-state index contributed by atoms with van der Waals surface area (Å²) in [6.07, 6.45) is 4.23. The highest BCUT2D eigenvalue weighted by molar-refractivity contribution is 4.99. The van der Waals surface area contributed by atoms with Gasteiger partial charge in [-0.2, -0.15) is 5.10 Å². The molecule has 0 aliphatic rings. The summed E-state index contributed by atoms with van der Waals surface area (Å²) in [4.78, 5) is 0. The minimum Gasteiger partial charge on any atom is -0.382 e. The second-order valence-electron chi connectivity index (χ2n) is 4.27. The predicted octanol–water partition coefficient (Wildman–Crippen LogP) is 2.37. The first-order chi connectivity index (χ1) is 8.27. The van der Waals surface area contributed by atoms with Crippen LogP contribution in [0.25, 0.3) is 0 Å². The van der Waals surface area contributed by atoms with Crippen LogP contribution in [0.4, 0.5) is 0 Å². The lowest BCUT2D eigenvalue weighted by atomic mass is 10.3. The van der Waals surface area contributed by atoms with Gasteiger partial charge in [0.05, 0.1) is 5.69 Å². The first kappa shape index (κ1) is 14.2. The van der Waals surface area contributed by atoms with Crippen molar-refractivity contribution in [3.8, 4) is 0 Å². The van der Waals surface area contributed by atoms with E-state index < -0.39 is 0 Å². The van der Waals surface area contributed by atoms with Gasteiger partial charge in [-0.3, -0.25) is 4.68 Å². The Morgan fingerprint density at radius 2 is 2.29 bits per heavy atom. The summed E-state index contributed by atoms with van der Waals surface area (Å²) in [7, 11) is 0. The van der Waals surface area contributed by atoms with Crippen LogP contribution in [0.5, 0.6) is 0 Å². The van der Waals surface area contributed by atoms with Crippen LogP contribution in [-0.4, -0.2) is 29.5 Å². The van der Waals surface area contributed by atoms with Crippen LogP contribution in [0.3, 0.4) is 0 Å². The Morgan fingerprint density at radius 3 is 3.00 bits per heavy atom. The molecule has 17 heavy (non-hydrogen) atoms. The van der Waals surface area contributed by atoms with Crippen molar-refractivity contribution in [1.82, 2.24) is 15.1 Å². The maximum atomic E-state index is 5.28. The molecule has 1 aromatic heterocycles. The van der Waals surface area contributed by atoms with Gasteiger partial charge in [-0.25, -0.2) is 0 Å². The van der Waals surface area contributed by atoms with Crippen LogP contribution in [0, 0.1) is 0 Å². The van der Waals surface area contributed by atoms with E-state index in [4.69, 9.17) is 4.74 Å². The largest absolute Gasteiger partial charge is 0.382 e. The number of nitrogens with one attached hydrogen (secondary N) is 1. The van der Waals surface area contributed by atoms with Crippen LogP contribution >= 0.6 is 0 Å². The lowest BCUT2D eigenvalue weighted by molar-refractivity contribution is 0.144. The minimum atomic E-state index is 0.488. The third-order valence-corrected chi connectivity index (χ3v) is 2.86. The number of nitrogens with zero attached hydrogens (tertiary/aromatic N) is 2. The molecule has 1 aromatic rings. The lowest BCUT2D eigenvalue weighted by Gasteiger charge is -2.08. The van der Waals surface area contributed by atoms with E-state index in [2.05, 4.69) is 36.5 Å². The molecule has 1 rings (SSSR count). The number of rotatable bonds is 9. The standard InChI is InChI=1S/C13H25N3O/c1-4-12(3)16-9-7-13(15-16)11-14-8-6-10-17-5-2/h7,9,12,14H,4-6,8,10-11H2,1-3H3. The van der Waals surface area contributed by atoms with Crippen molar-refractivity contribution >= 4 is 0 Å². The summed E-state index contributed by atoms with van der Waals surface area (Å²) >= 11 is 0. The third kappa shape index (κ3) is 5.33. The molecule has 4 nitrogen and oxygen atoms in total. The summed E-state index contributed by atoms with van der Waals surface area (Å²) in [6.45, 7) is 9.86. The van der Waals surface area contributed by atoms with Gasteiger partial charge in [0.2, 0.25) is 0 Å². The normalized spacial score (nSPS) is 12.9. The molecule has 0 spiro atoms. The highest BCUT2D eigenvalue weighted by Gasteiger charge is 2.03. The molecule has 1 N–H and O–H groups in total. The highest BCUT2D eigenvalue weighted by atomic mass is 16.5. The molecule has 0 bridgehead atoms.